The van der Waals surface area contributed by atoms with E-state index < -0.39 is 0 Å². The Labute approximate surface area is 102 Å². The Morgan fingerprint density at radius 1 is 1.24 bits per heavy atom. The van der Waals surface area contributed by atoms with Crippen LogP contribution in [-0.4, -0.2) is 31.2 Å². The molecular weight excluding hydrogens is 216 g/mol. The summed E-state index contributed by atoms with van der Waals surface area (Å²) in [6.07, 6.45) is 5.68. The van der Waals surface area contributed by atoms with Crippen molar-refractivity contribution in [3.05, 3.63) is 0 Å². The highest BCUT2D eigenvalue weighted by Crippen LogP contribution is 2.47. The first kappa shape index (κ1) is 11.5. The van der Waals surface area contributed by atoms with Gasteiger partial charge in [0.2, 0.25) is 5.91 Å². The maximum Gasteiger partial charge on any atom is 0.225 e. The first-order chi connectivity index (χ1) is 8.25. The van der Waals surface area contributed by atoms with Crippen molar-refractivity contribution in [2.45, 2.75) is 44.2 Å². The predicted molar refractivity (Wildman–Crippen MR) is 64.3 cm³/mol. The van der Waals surface area contributed by atoms with Gasteiger partial charge < -0.3 is 15.8 Å². The van der Waals surface area contributed by atoms with Crippen LogP contribution < -0.4 is 11.1 Å². The van der Waals surface area contributed by atoms with E-state index in [1.807, 2.05) is 0 Å². The molecule has 4 heteroatoms. The summed E-state index contributed by atoms with van der Waals surface area (Å²) >= 11 is 0. The molecule has 96 valence electrons. The van der Waals surface area contributed by atoms with Crippen LogP contribution in [0.5, 0.6) is 0 Å². The molecule has 0 spiro atoms. The Hall–Kier alpha value is -0.610. The Kier molecular flexibility index (Phi) is 3.09. The number of carbonyl (C=O) groups excluding carboxylic acids is 1. The standard InChI is InChI=1S/C13H22N2O2/c14-12-9-4-3-8(6-9)11(12)13(16)15-10-2-1-5-17-7-10/h8-12H,1-7,14H2,(H,15,16). The topological polar surface area (TPSA) is 64.4 Å². The predicted octanol–water partition coefficient (Wildman–Crippen LogP) is 0.655. The maximum absolute atomic E-state index is 12.3. The fraction of sp³-hybridized carbons (Fsp3) is 0.923. The van der Waals surface area contributed by atoms with Crippen LogP contribution in [0.25, 0.3) is 0 Å². The SMILES string of the molecule is NC1C2CCC(C2)C1C(=O)NC1CCCOC1. The zero-order valence-electron chi connectivity index (χ0n) is 10.2. The van der Waals surface area contributed by atoms with Gasteiger partial charge in [-0.05, 0) is 43.9 Å². The summed E-state index contributed by atoms with van der Waals surface area (Å²) in [4.78, 5) is 12.3. The summed E-state index contributed by atoms with van der Waals surface area (Å²) in [6.45, 7) is 1.50. The van der Waals surface area contributed by atoms with E-state index in [4.69, 9.17) is 10.5 Å². The van der Waals surface area contributed by atoms with E-state index in [9.17, 15) is 4.79 Å². The molecule has 1 amide bonds. The van der Waals surface area contributed by atoms with E-state index in [0.29, 0.717) is 18.4 Å². The second-order valence-electron chi connectivity index (χ2n) is 5.86. The van der Waals surface area contributed by atoms with E-state index in [-0.39, 0.29) is 23.9 Å². The summed E-state index contributed by atoms with van der Waals surface area (Å²) in [5.74, 6) is 1.38. The van der Waals surface area contributed by atoms with Gasteiger partial charge >= 0.3 is 0 Å². The molecule has 2 bridgehead atoms. The zero-order valence-corrected chi connectivity index (χ0v) is 10.2. The molecule has 0 aromatic rings. The van der Waals surface area contributed by atoms with Crippen LogP contribution >= 0.6 is 0 Å². The van der Waals surface area contributed by atoms with Crippen molar-refractivity contribution >= 4 is 5.91 Å². The highest BCUT2D eigenvalue weighted by Gasteiger charge is 2.49. The fourth-order valence-electron chi connectivity index (χ4n) is 3.88. The van der Waals surface area contributed by atoms with Crippen molar-refractivity contribution in [1.29, 1.82) is 0 Å². The van der Waals surface area contributed by atoms with Gasteiger partial charge in [-0.1, -0.05) is 0 Å². The van der Waals surface area contributed by atoms with Crippen LogP contribution in [-0.2, 0) is 9.53 Å². The van der Waals surface area contributed by atoms with Crippen molar-refractivity contribution in [2.75, 3.05) is 13.2 Å². The van der Waals surface area contributed by atoms with Gasteiger partial charge in [0.25, 0.3) is 0 Å². The van der Waals surface area contributed by atoms with Gasteiger partial charge in [-0.15, -0.1) is 0 Å². The molecule has 0 radical (unpaired) electrons. The molecule has 0 aromatic carbocycles. The lowest BCUT2D eigenvalue weighted by Gasteiger charge is -2.30. The molecule has 4 nitrogen and oxygen atoms in total. The normalized spacial score (nSPS) is 44.9. The molecule has 5 unspecified atom stereocenters. The second kappa shape index (κ2) is 4.58. The molecule has 3 fully saturated rings. The number of nitrogens with two attached hydrogens (primary N) is 1. The monoisotopic (exact) mass is 238 g/mol. The molecule has 3 rings (SSSR count). The fourth-order valence-corrected chi connectivity index (χ4v) is 3.88. The number of carbonyl (C=O) groups is 1. The Balaban J connectivity index is 1.58. The average molecular weight is 238 g/mol. The second-order valence-corrected chi connectivity index (χ2v) is 5.86. The summed E-state index contributed by atoms with van der Waals surface area (Å²) < 4.78 is 5.39. The number of rotatable bonds is 2. The lowest BCUT2D eigenvalue weighted by molar-refractivity contribution is -0.128. The lowest BCUT2D eigenvalue weighted by atomic mass is 9.84. The van der Waals surface area contributed by atoms with E-state index in [2.05, 4.69) is 5.32 Å². The maximum atomic E-state index is 12.3. The summed E-state index contributed by atoms with van der Waals surface area (Å²) in [6, 6.07) is 0.306. The van der Waals surface area contributed by atoms with Gasteiger partial charge in [-0.25, -0.2) is 0 Å². The van der Waals surface area contributed by atoms with Gasteiger partial charge in [-0.2, -0.15) is 0 Å². The average Bonchev–Trinajstić information content (AvgIpc) is 2.90. The van der Waals surface area contributed by atoms with Crippen LogP contribution in [0.2, 0.25) is 0 Å². The summed E-state index contributed by atoms with van der Waals surface area (Å²) in [5.41, 5.74) is 6.18. The highest BCUT2D eigenvalue weighted by molar-refractivity contribution is 5.80. The van der Waals surface area contributed by atoms with Crippen LogP contribution in [0.15, 0.2) is 0 Å². The number of nitrogens with one attached hydrogen (secondary N) is 1. The quantitative estimate of drug-likeness (QED) is 0.742. The molecule has 3 aliphatic rings. The molecule has 1 saturated heterocycles. The summed E-state index contributed by atoms with van der Waals surface area (Å²) in [7, 11) is 0. The number of amides is 1. The Morgan fingerprint density at radius 2 is 2.06 bits per heavy atom. The molecule has 5 atom stereocenters. The van der Waals surface area contributed by atoms with Gasteiger partial charge in [0.15, 0.2) is 0 Å². The first-order valence-corrected chi connectivity index (χ1v) is 6.89. The third kappa shape index (κ3) is 2.08. The Bertz CT molecular complexity index is 300. The molecule has 2 aliphatic carbocycles. The number of fused-ring (bicyclic) bond motifs is 2. The first-order valence-electron chi connectivity index (χ1n) is 6.89. The summed E-state index contributed by atoms with van der Waals surface area (Å²) in [5, 5.41) is 3.13. The number of ether oxygens (including phenoxy) is 1. The van der Waals surface area contributed by atoms with Gasteiger partial charge in [0, 0.05) is 12.6 Å². The highest BCUT2D eigenvalue weighted by atomic mass is 16.5. The van der Waals surface area contributed by atoms with Crippen molar-refractivity contribution in [3.63, 3.8) is 0 Å². The molecule has 17 heavy (non-hydrogen) atoms. The number of hydrogen-bond donors (Lipinski definition) is 2. The third-order valence-corrected chi connectivity index (χ3v) is 4.79. The molecule has 1 aliphatic heterocycles. The minimum Gasteiger partial charge on any atom is -0.379 e. The number of hydrogen-bond acceptors (Lipinski definition) is 3. The van der Waals surface area contributed by atoms with Crippen LogP contribution in [0.1, 0.15) is 32.1 Å². The van der Waals surface area contributed by atoms with Gasteiger partial charge in [0.1, 0.15) is 0 Å². The van der Waals surface area contributed by atoms with Crippen molar-refractivity contribution < 1.29 is 9.53 Å². The van der Waals surface area contributed by atoms with Gasteiger partial charge in [-0.3, -0.25) is 4.79 Å². The lowest BCUT2D eigenvalue weighted by Crippen LogP contribution is -2.49. The van der Waals surface area contributed by atoms with Crippen molar-refractivity contribution in [2.24, 2.45) is 23.5 Å². The molecule has 0 aromatic heterocycles. The molecule has 1 heterocycles. The van der Waals surface area contributed by atoms with Crippen molar-refractivity contribution in [1.82, 2.24) is 5.32 Å². The molecular formula is C13H22N2O2. The minimum absolute atomic E-state index is 0.0654. The van der Waals surface area contributed by atoms with Crippen LogP contribution in [0.3, 0.4) is 0 Å². The van der Waals surface area contributed by atoms with E-state index in [0.717, 1.165) is 19.4 Å². The zero-order chi connectivity index (χ0) is 11.8. The van der Waals surface area contributed by atoms with Gasteiger partial charge in [0.05, 0.1) is 18.6 Å². The molecule has 3 N–H and O–H groups in total. The Morgan fingerprint density at radius 3 is 2.71 bits per heavy atom. The molecule has 2 saturated carbocycles. The van der Waals surface area contributed by atoms with Crippen LogP contribution in [0.4, 0.5) is 0 Å². The van der Waals surface area contributed by atoms with E-state index >= 15 is 0 Å². The van der Waals surface area contributed by atoms with E-state index in [1.54, 1.807) is 0 Å². The minimum atomic E-state index is 0.0654. The van der Waals surface area contributed by atoms with E-state index in [1.165, 1.54) is 19.3 Å². The van der Waals surface area contributed by atoms with Crippen molar-refractivity contribution in [3.8, 4) is 0 Å². The smallest absolute Gasteiger partial charge is 0.225 e. The third-order valence-electron chi connectivity index (χ3n) is 4.79. The largest absolute Gasteiger partial charge is 0.379 e. The van der Waals surface area contributed by atoms with Crippen LogP contribution in [0, 0.1) is 17.8 Å².